The van der Waals surface area contributed by atoms with E-state index in [2.05, 4.69) is 6.92 Å². The Balaban J connectivity index is 1.91. The Labute approximate surface area is 110 Å². The largest absolute Gasteiger partial charge is 0.376 e. The van der Waals surface area contributed by atoms with Gasteiger partial charge in [0.1, 0.15) is 0 Å². The van der Waals surface area contributed by atoms with Crippen molar-refractivity contribution in [3.63, 3.8) is 0 Å². The number of hydrogen-bond acceptors (Lipinski definition) is 3. The molecule has 0 bridgehead atoms. The Morgan fingerprint density at radius 2 is 2.11 bits per heavy atom. The normalized spacial score (nSPS) is 36.6. The Kier molecular flexibility index (Phi) is 4.62. The van der Waals surface area contributed by atoms with E-state index in [4.69, 9.17) is 10.5 Å². The third kappa shape index (κ3) is 3.04. The van der Waals surface area contributed by atoms with E-state index in [1.54, 1.807) is 0 Å². The zero-order chi connectivity index (χ0) is 13.1. The number of nitrogens with zero attached hydrogens (tertiary/aromatic N) is 1. The highest BCUT2D eigenvalue weighted by molar-refractivity contribution is 5.79. The number of nitrogens with two attached hydrogens (primary N) is 1. The van der Waals surface area contributed by atoms with Gasteiger partial charge >= 0.3 is 0 Å². The van der Waals surface area contributed by atoms with Crippen LogP contribution in [0.25, 0.3) is 0 Å². The fourth-order valence-electron chi connectivity index (χ4n) is 3.32. The smallest absolute Gasteiger partial charge is 0.227 e. The van der Waals surface area contributed by atoms with E-state index in [0.717, 1.165) is 45.3 Å². The van der Waals surface area contributed by atoms with Crippen LogP contribution in [0.2, 0.25) is 0 Å². The quantitative estimate of drug-likeness (QED) is 0.828. The average Bonchev–Trinajstić information content (AvgIpc) is 2.81. The minimum absolute atomic E-state index is 0.00477. The van der Waals surface area contributed by atoms with Crippen LogP contribution < -0.4 is 5.73 Å². The van der Waals surface area contributed by atoms with Gasteiger partial charge in [-0.3, -0.25) is 4.79 Å². The number of ether oxygens (including phenoxy) is 1. The lowest BCUT2D eigenvalue weighted by Crippen LogP contribution is -2.49. The van der Waals surface area contributed by atoms with Crippen LogP contribution in [0.15, 0.2) is 0 Å². The van der Waals surface area contributed by atoms with Gasteiger partial charge in [0.25, 0.3) is 0 Å². The van der Waals surface area contributed by atoms with Crippen LogP contribution in [0.3, 0.4) is 0 Å². The molecule has 4 nitrogen and oxygen atoms in total. The van der Waals surface area contributed by atoms with Gasteiger partial charge in [0.05, 0.1) is 12.0 Å². The van der Waals surface area contributed by atoms with Gasteiger partial charge < -0.3 is 15.4 Å². The molecule has 4 unspecified atom stereocenters. The molecule has 4 heteroatoms. The van der Waals surface area contributed by atoms with Crippen molar-refractivity contribution in [3.8, 4) is 0 Å². The molecule has 0 radical (unpaired) electrons. The highest BCUT2D eigenvalue weighted by atomic mass is 16.5. The summed E-state index contributed by atoms with van der Waals surface area (Å²) >= 11 is 0. The molecular formula is C14H26N2O2. The molecule has 1 heterocycles. The minimum atomic E-state index is 0.00477. The fraction of sp³-hybridized carbons (Fsp3) is 0.929. The van der Waals surface area contributed by atoms with Crippen LogP contribution in [0, 0.1) is 11.8 Å². The van der Waals surface area contributed by atoms with Crippen molar-refractivity contribution in [2.24, 2.45) is 17.6 Å². The summed E-state index contributed by atoms with van der Waals surface area (Å²) in [7, 11) is 1.89. The third-order valence-corrected chi connectivity index (χ3v) is 4.43. The minimum Gasteiger partial charge on any atom is -0.376 e. The molecule has 0 aromatic heterocycles. The highest BCUT2D eigenvalue weighted by Crippen LogP contribution is 2.30. The summed E-state index contributed by atoms with van der Waals surface area (Å²) in [5, 5.41) is 0. The topological polar surface area (TPSA) is 55.6 Å². The first-order valence-corrected chi connectivity index (χ1v) is 7.21. The fourth-order valence-corrected chi connectivity index (χ4v) is 3.32. The average molecular weight is 254 g/mol. The lowest BCUT2D eigenvalue weighted by atomic mass is 9.76. The zero-order valence-corrected chi connectivity index (χ0v) is 11.6. The van der Waals surface area contributed by atoms with Crippen molar-refractivity contribution in [1.29, 1.82) is 0 Å². The Morgan fingerprint density at radius 3 is 2.72 bits per heavy atom. The van der Waals surface area contributed by atoms with Crippen molar-refractivity contribution in [1.82, 2.24) is 4.90 Å². The van der Waals surface area contributed by atoms with E-state index in [1.165, 1.54) is 0 Å². The summed E-state index contributed by atoms with van der Waals surface area (Å²) in [6, 6.07) is 0.0354. The molecule has 18 heavy (non-hydrogen) atoms. The van der Waals surface area contributed by atoms with Gasteiger partial charge in [0.2, 0.25) is 5.91 Å². The molecule has 1 saturated heterocycles. The number of likely N-dealkylation sites (N-methyl/N-ethyl adjacent to an activating group) is 1. The van der Waals surface area contributed by atoms with Crippen LogP contribution in [0.5, 0.6) is 0 Å². The standard InChI is InChI=1S/C14H26N2O2/c1-10-5-3-7-12(15)13(10)14(17)16(2)9-11-6-4-8-18-11/h10-13H,3-9,15H2,1-2H3. The van der Waals surface area contributed by atoms with E-state index in [0.29, 0.717) is 5.92 Å². The summed E-state index contributed by atoms with van der Waals surface area (Å²) in [4.78, 5) is 14.3. The monoisotopic (exact) mass is 254 g/mol. The second-order valence-corrected chi connectivity index (χ2v) is 5.95. The van der Waals surface area contributed by atoms with Crippen LogP contribution in [0.1, 0.15) is 39.0 Å². The van der Waals surface area contributed by atoms with Crippen LogP contribution in [-0.2, 0) is 9.53 Å². The van der Waals surface area contributed by atoms with Crippen molar-refractivity contribution in [2.75, 3.05) is 20.2 Å². The molecule has 1 aliphatic heterocycles. The lowest BCUT2D eigenvalue weighted by Gasteiger charge is -2.36. The molecule has 4 atom stereocenters. The second-order valence-electron chi connectivity index (χ2n) is 5.95. The van der Waals surface area contributed by atoms with Crippen LogP contribution in [-0.4, -0.2) is 43.2 Å². The second kappa shape index (κ2) is 6.02. The van der Waals surface area contributed by atoms with Crippen molar-refractivity contribution >= 4 is 5.91 Å². The van der Waals surface area contributed by atoms with Gasteiger partial charge in [0.15, 0.2) is 0 Å². The number of amides is 1. The number of rotatable bonds is 3. The van der Waals surface area contributed by atoms with Crippen LogP contribution >= 0.6 is 0 Å². The maximum absolute atomic E-state index is 12.5. The van der Waals surface area contributed by atoms with E-state index >= 15 is 0 Å². The third-order valence-electron chi connectivity index (χ3n) is 4.43. The van der Waals surface area contributed by atoms with Crippen molar-refractivity contribution < 1.29 is 9.53 Å². The number of carbonyl (C=O) groups is 1. The Hall–Kier alpha value is -0.610. The van der Waals surface area contributed by atoms with Gasteiger partial charge in [-0.2, -0.15) is 0 Å². The molecule has 2 aliphatic rings. The molecule has 104 valence electrons. The van der Waals surface area contributed by atoms with E-state index in [-0.39, 0.29) is 24.0 Å². The molecule has 2 fully saturated rings. The Bertz CT molecular complexity index is 280. The van der Waals surface area contributed by atoms with E-state index < -0.39 is 0 Å². The lowest BCUT2D eigenvalue weighted by molar-refractivity contribution is -0.139. The summed E-state index contributed by atoms with van der Waals surface area (Å²) in [5.74, 6) is 0.628. The number of carbonyl (C=O) groups excluding carboxylic acids is 1. The first-order valence-electron chi connectivity index (χ1n) is 7.21. The molecule has 0 aromatic carbocycles. The Morgan fingerprint density at radius 1 is 1.33 bits per heavy atom. The molecule has 0 aromatic rings. The first-order chi connectivity index (χ1) is 8.59. The molecule has 1 aliphatic carbocycles. The maximum atomic E-state index is 12.5. The van der Waals surface area contributed by atoms with E-state index in [1.807, 2.05) is 11.9 Å². The predicted molar refractivity (Wildman–Crippen MR) is 71.1 cm³/mol. The van der Waals surface area contributed by atoms with Gasteiger partial charge in [-0.15, -0.1) is 0 Å². The molecule has 1 amide bonds. The van der Waals surface area contributed by atoms with E-state index in [9.17, 15) is 4.79 Å². The summed E-state index contributed by atoms with van der Waals surface area (Å²) in [6.07, 6.45) is 5.68. The van der Waals surface area contributed by atoms with Gasteiger partial charge in [-0.05, 0) is 31.6 Å². The summed E-state index contributed by atoms with van der Waals surface area (Å²) < 4.78 is 5.59. The molecule has 0 spiro atoms. The maximum Gasteiger partial charge on any atom is 0.227 e. The summed E-state index contributed by atoms with van der Waals surface area (Å²) in [5.41, 5.74) is 6.14. The highest BCUT2D eigenvalue weighted by Gasteiger charge is 2.36. The molecule has 2 rings (SSSR count). The molecule has 2 N–H and O–H groups in total. The first kappa shape index (κ1) is 13.8. The van der Waals surface area contributed by atoms with Gasteiger partial charge in [-0.25, -0.2) is 0 Å². The predicted octanol–water partition coefficient (Wildman–Crippen LogP) is 1.39. The zero-order valence-electron chi connectivity index (χ0n) is 11.6. The van der Waals surface area contributed by atoms with Crippen molar-refractivity contribution in [2.45, 2.75) is 51.2 Å². The molecule has 1 saturated carbocycles. The summed E-state index contributed by atoms with van der Waals surface area (Å²) in [6.45, 7) is 3.71. The number of hydrogen-bond donors (Lipinski definition) is 1. The SMILES string of the molecule is CC1CCCC(N)C1C(=O)N(C)CC1CCCO1. The van der Waals surface area contributed by atoms with Gasteiger partial charge in [0, 0.05) is 26.2 Å². The van der Waals surface area contributed by atoms with Crippen LogP contribution in [0.4, 0.5) is 0 Å². The molecular weight excluding hydrogens is 228 g/mol. The van der Waals surface area contributed by atoms with Crippen molar-refractivity contribution in [3.05, 3.63) is 0 Å². The van der Waals surface area contributed by atoms with Gasteiger partial charge in [-0.1, -0.05) is 13.3 Å².